The number of carbonyl (C=O) groups is 1. The molecular weight excluding hydrogens is 154 g/mol. The van der Waals surface area contributed by atoms with Crippen molar-refractivity contribution in [2.45, 2.75) is 18.4 Å². The molecule has 3 heteroatoms. The average molecular weight is 167 g/mol. The third-order valence-corrected chi connectivity index (χ3v) is 2.67. The molecule has 1 saturated carbocycles. The molecular formula is C9H13NO2. The van der Waals surface area contributed by atoms with Crippen LogP contribution in [0.2, 0.25) is 0 Å². The fraction of sp³-hybridized carbons (Fsp3) is 0.667. The van der Waals surface area contributed by atoms with E-state index in [1.54, 1.807) is 0 Å². The fourth-order valence-corrected chi connectivity index (χ4v) is 1.75. The van der Waals surface area contributed by atoms with Gasteiger partial charge in [-0.15, -0.1) is 0 Å². The quantitative estimate of drug-likeness (QED) is 0.534. The van der Waals surface area contributed by atoms with Gasteiger partial charge in [0.2, 0.25) is 5.91 Å². The second-order valence-corrected chi connectivity index (χ2v) is 3.47. The van der Waals surface area contributed by atoms with E-state index in [2.05, 4.69) is 6.58 Å². The van der Waals surface area contributed by atoms with E-state index in [4.69, 9.17) is 4.74 Å². The van der Waals surface area contributed by atoms with Crippen molar-refractivity contribution in [2.75, 3.05) is 19.8 Å². The van der Waals surface area contributed by atoms with Crippen molar-refractivity contribution in [3.8, 4) is 0 Å². The lowest BCUT2D eigenvalue weighted by Crippen LogP contribution is -2.49. The van der Waals surface area contributed by atoms with Crippen LogP contribution in [-0.4, -0.2) is 36.1 Å². The van der Waals surface area contributed by atoms with Crippen LogP contribution in [0.4, 0.5) is 0 Å². The number of hydrogen-bond acceptors (Lipinski definition) is 2. The summed E-state index contributed by atoms with van der Waals surface area (Å²) in [6, 6.07) is 0. The first kappa shape index (κ1) is 7.80. The molecule has 0 atom stereocenters. The second kappa shape index (κ2) is 2.59. The van der Waals surface area contributed by atoms with Gasteiger partial charge in [-0.05, 0) is 18.9 Å². The Morgan fingerprint density at radius 2 is 2.33 bits per heavy atom. The lowest BCUT2D eigenvalue weighted by Gasteiger charge is -2.35. The van der Waals surface area contributed by atoms with Gasteiger partial charge < -0.3 is 9.64 Å². The summed E-state index contributed by atoms with van der Waals surface area (Å²) in [6.07, 6.45) is 3.57. The smallest absolute Gasteiger partial charge is 0.246 e. The molecule has 1 saturated heterocycles. The molecule has 66 valence electrons. The number of amides is 1. The van der Waals surface area contributed by atoms with Gasteiger partial charge in [0.15, 0.2) is 0 Å². The van der Waals surface area contributed by atoms with Crippen LogP contribution in [0.3, 0.4) is 0 Å². The third-order valence-electron chi connectivity index (χ3n) is 2.67. The van der Waals surface area contributed by atoms with Gasteiger partial charge in [0.05, 0.1) is 18.8 Å². The van der Waals surface area contributed by atoms with Gasteiger partial charge >= 0.3 is 0 Å². The number of nitrogens with zero attached hydrogens (tertiary/aromatic N) is 1. The van der Waals surface area contributed by atoms with Crippen LogP contribution in [0.5, 0.6) is 0 Å². The van der Waals surface area contributed by atoms with Crippen LogP contribution in [0, 0.1) is 0 Å². The molecule has 0 aromatic rings. The van der Waals surface area contributed by atoms with Crippen LogP contribution in [0.15, 0.2) is 12.7 Å². The molecule has 1 aliphatic heterocycles. The summed E-state index contributed by atoms with van der Waals surface area (Å²) in [6.45, 7) is 5.61. The van der Waals surface area contributed by atoms with E-state index in [0.717, 1.165) is 19.4 Å². The van der Waals surface area contributed by atoms with Gasteiger partial charge in [-0.2, -0.15) is 0 Å². The molecule has 1 spiro atoms. The van der Waals surface area contributed by atoms with Crippen LogP contribution in [-0.2, 0) is 9.53 Å². The Hall–Kier alpha value is -0.830. The average Bonchev–Trinajstić information content (AvgIpc) is 2.85. The SMILES string of the molecule is C=CC(=O)N1CCOCC12CC2. The maximum absolute atomic E-state index is 11.4. The fourth-order valence-electron chi connectivity index (χ4n) is 1.75. The number of rotatable bonds is 1. The maximum atomic E-state index is 11.4. The molecule has 0 radical (unpaired) electrons. The second-order valence-electron chi connectivity index (χ2n) is 3.47. The number of morpholine rings is 1. The molecule has 1 heterocycles. The standard InChI is InChI=1S/C9H13NO2/c1-2-8(11)10-5-6-12-7-9(10)3-4-9/h2H,1,3-7H2. The lowest BCUT2D eigenvalue weighted by molar-refractivity contribution is -0.136. The Kier molecular flexibility index (Phi) is 1.68. The van der Waals surface area contributed by atoms with E-state index < -0.39 is 0 Å². The minimum atomic E-state index is 0.0517. The van der Waals surface area contributed by atoms with Crippen molar-refractivity contribution in [2.24, 2.45) is 0 Å². The highest BCUT2D eigenvalue weighted by Gasteiger charge is 2.51. The molecule has 0 aromatic heterocycles. The van der Waals surface area contributed by atoms with E-state index in [-0.39, 0.29) is 11.4 Å². The zero-order valence-electron chi connectivity index (χ0n) is 7.08. The summed E-state index contributed by atoms with van der Waals surface area (Å²) in [5.41, 5.74) is 0.0591. The van der Waals surface area contributed by atoms with Gasteiger partial charge in [-0.3, -0.25) is 4.79 Å². The van der Waals surface area contributed by atoms with Crippen molar-refractivity contribution >= 4 is 5.91 Å². The van der Waals surface area contributed by atoms with E-state index in [0.29, 0.717) is 13.2 Å². The van der Waals surface area contributed by atoms with E-state index >= 15 is 0 Å². The Morgan fingerprint density at radius 1 is 1.58 bits per heavy atom. The van der Waals surface area contributed by atoms with E-state index in [1.807, 2.05) is 4.90 Å². The molecule has 1 aliphatic carbocycles. The largest absolute Gasteiger partial charge is 0.377 e. The Labute approximate surface area is 72.0 Å². The molecule has 0 aromatic carbocycles. The topological polar surface area (TPSA) is 29.5 Å². The summed E-state index contributed by atoms with van der Waals surface area (Å²) < 4.78 is 5.34. The van der Waals surface area contributed by atoms with Crippen LogP contribution >= 0.6 is 0 Å². The molecule has 2 aliphatic rings. The van der Waals surface area contributed by atoms with Crippen molar-refractivity contribution in [3.05, 3.63) is 12.7 Å². The number of carbonyl (C=O) groups excluding carboxylic acids is 1. The Bertz CT molecular complexity index is 221. The Morgan fingerprint density at radius 3 is 2.92 bits per heavy atom. The summed E-state index contributed by atoms with van der Waals surface area (Å²) in [7, 11) is 0. The highest BCUT2D eigenvalue weighted by atomic mass is 16.5. The van der Waals surface area contributed by atoms with Crippen molar-refractivity contribution in [1.29, 1.82) is 0 Å². The maximum Gasteiger partial charge on any atom is 0.246 e. The highest BCUT2D eigenvalue weighted by Crippen LogP contribution is 2.43. The van der Waals surface area contributed by atoms with Gasteiger partial charge in [-0.1, -0.05) is 6.58 Å². The Balaban J connectivity index is 2.11. The first-order valence-corrected chi connectivity index (χ1v) is 4.30. The van der Waals surface area contributed by atoms with Crippen LogP contribution < -0.4 is 0 Å². The van der Waals surface area contributed by atoms with Gasteiger partial charge in [-0.25, -0.2) is 0 Å². The third kappa shape index (κ3) is 1.05. The number of hydrogen-bond donors (Lipinski definition) is 0. The monoisotopic (exact) mass is 167 g/mol. The molecule has 12 heavy (non-hydrogen) atoms. The summed E-state index contributed by atoms with van der Waals surface area (Å²) in [5.74, 6) is 0.0517. The molecule has 0 N–H and O–H groups in total. The summed E-state index contributed by atoms with van der Waals surface area (Å²) in [5, 5.41) is 0. The number of ether oxygens (including phenoxy) is 1. The highest BCUT2D eigenvalue weighted by molar-refractivity contribution is 5.88. The molecule has 3 nitrogen and oxygen atoms in total. The lowest BCUT2D eigenvalue weighted by atomic mass is 10.2. The van der Waals surface area contributed by atoms with Crippen LogP contribution in [0.1, 0.15) is 12.8 Å². The van der Waals surface area contributed by atoms with Gasteiger partial charge in [0.1, 0.15) is 0 Å². The van der Waals surface area contributed by atoms with Crippen molar-refractivity contribution in [3.63, 3.8) is 0 Å². The minimum Gasteiger partial charge on any atom is -0.377 e. The van der Waals surface area contributed by atoms with Crippen molar-refractivity contribution < 1.29 is 9.53 Å². The normalized spacial score (nSPS) is 25.5. The molecule has 2 fully saturated rings. The summed E-state index contributed by atoms with van der Waals surface area (Å²) in [4.78, 5) is 13.3. The first-order valence-electron chi connectivity index (χ1n) is 4.30. The first-order chi connectivity index (χ1) is 5.78. The van der Waals surface area contributed by atoms with Crippen molar-refractivity contribution in [1.82, 2.24) is 4.90 Å². The van der Waals surface area contributed by atoms with E-state index in [1.165, 1.54) is 6.08 Å². The van der Waals surface area contributed by atoms with Gasteiger partial charge in [0.25, 0.3) is 0 Å². The summed E-state index contributed by atoms with van der Waals surface area (Å²) >= 11 is 0. The van der Waals surface area contributed by atoms with Crippen LogP contribution in [0.25, 0.3) is 0 Å². The predicted octanol–water partition coefficient (Wildman–Crippen LogP) is 0.564. The molecule has 0 unspecified atom stereocenters. The molecule has 0 bridgehead atoms. The molecule has 2 rings (SSSR count). The van der Waals surface area contributed by atoms with Gasteiger partial charge in [0, 0.05) is 6.54 Å². The molecule has 1 amide bonds. The predicted molar refractivity (Wildman–Crippen MR) is 44.7 cm³/mol. The zero-order chi connectivity index (χ0) is 8.60. The van der Waals surface area contributed by atoms with E-state index in [9.17, 15) is 4.79 Å². The zero-order valence-corrected chi connectivity index (χ0v) is 7.08. The minimum absolute atomic E-state index is 0.0517.